The molecule has 7 heteroatoms. The van der Waals surface area contributed by atoms with Gasteiger partial charge in [-0.3, -0.25) is 14.3 Å². The van der Waals surface area contributed by atoms with Crippen molar-refractivity contribution in [2.75, 3.05) is 5.32 Å². The van der Waals surface area contributed by atoms with Gasteiger partial charge in [-0.1, -0.05) is 31.4 Å². The van der Waals surface area contributed by atoms with Crippen molar-refractivity contribution in [3.05, 3.63) is 40.9 Å². The number of hydrogen-bond donors (Lipinski definition) is 2. The Morgan fingerprint density at radius 3 is 2.85 bits per heavy atom. The van der Waals surface area contributed by atoms with Crippen molar-refractivity contribution in [3.63, 3.8) is 0 Å². The van der Waals surface area contributed by atoms with Crippen LogP contribution >= 0.6 is 0 Å². The van der Waals surface area contributed by atoms with Crippen LogP contribution in [-0.2, 0) is 4.79 Å². The molecule has 2 N–H and O–H groups in total. The molecule has 26 heavy (non-hydrogen) atoms. The van der Waals surface area contributed by atoms with Crippen molar-refractivity contribution in [1.29, 1.82) is 0 Å². The molecule has 0 bridgehead atoms. The van der Waals surface area contributed by atoms with E-state index >= 15 is 0 Å². The summed E-state index contributed by atoms with van der Waals surface area (Å²) in [5, 5.41) is 2.77. The smallest absolute Gasteiger partial charge is 0.326 e. The van der Waals surface area contributed by atoms with Crippen LogP contribution in [0.4, 0.5) is 5.69 Å². The van der Waals surface area contributed by atoms with Crippen molar-refractivity contribution in [3.8, 4) is 11.3 Å². The highest BCUT2D eigenvalue weighted by molar-refractivity contribution is 5.89. The second-order valence-corrected chi connectivity index (χ2v) is 6.78. The largest absolute Gasteiger partial charge is 0.329 e. The predicted molar refractivity (Wildman–Crippen MR) is 100 cm³/mol. The van der Waals surface area contributed by atoms with Crippen molar-refractivity contribution in [2.45, 2.75) is 45.1 Å². The Kier molecular flexibility index (Phi) is 4.28. The van der Waals surface area contributed by atoms with E-state index < -0.39 is 0 Å². The minimum Gasteiger partial charge on any atom is -0.326 e. The molecule has 2 aromatic heterocycles. The molecule has 1 amide bonds. The summed E-state index contributed by atoms with van der Waals surface area (Å²) < 4.78 is 1.77. The Bertz CT molecular complexity index is 1010. The zero-order chi connectivity index (χ0) is 18.1. The maximum Gasteiger partial charge on any atom is 0.329 e. The van der Waals surface area contributed by atoms with Gasteiger partial charge in [-0.05, 0) is 25.0 Å². The number of rotatable bonds is 3. The van der Waals surface area contributed by atoms with Gasteiger partial charge in [-0.15, -0.1) is 0 Å². The molecule has 1 aliphatic carbocycles. The van der Waals surface area contributed by atoms with E-state index in [0.717, 1.165) is 31.2 Å². The van der Waals surface area contributed by atoms with Gasteiger partial charge in [0.05, 0.1) is 11.9 Å². The Morgan fingerprint density at radius 2 is 2.08 bits per heavy atom. The summed E-state index contributed by atoms with van der Waals surface area (Å²) in [6, 6.07) is 7.63. The van der Waals surface area contributed by atoms with Crippen LogP contribution in [0.1, 0.15) is 45.1 Å². The third-order valence-corrected chi connectivity index (χ3v) is 4.84. The molecule has 1 aromatic carbocycles. The number of nitrogens with zero attached hydrogens (tertiary/aromatic N) is 3. The third-order valence-electron chi connectivity index (χ3n) is 4.84. The fourth-order valence-corrected chi connectivity index (χ4v) is 3.67. The number of H-pyrrole nitrogens is 1. The Labute approximate surface area is 150 Å². The number of carbonyl (C=O) groups excluding carboxylic acids is 1. The molecule has 0 saturated heterocycles. The fraction of sp³-hybridized carbons (Fsp3) is 0.368. The number of carbonyl (C=O) groups is 1. The van der Waals surface area contributed by atoms with Gasteiger partial charge in [0.1, 0.15) is 0 Å². The molecule has 0 spiro atoms. The van der Waals surface area contributed by atoms with Crippen molar-refractivity contribution < 1.29 is 4.79 Å². The van der Waals surface area contributed by atoms with Crippen LogP contribution in [0, 0.1) is 0 Å². The monoisotopic (exact) mass is 351 g/mol. The minimum atomic E-state index is -0.143. The van der Waals surface area contributed by atoms with Gasteiger partial charge in [0.15, 0.2) is 11.3 Å². The predicted octanol–water partition coefficient (Wildman–Crippen LogP) is 3.25. The number of nitrogens with one attached hydrogen (secondary N) is 2. The number of anilines is 1. The van der Waals surface area contributed by atoms with Gasteiger partial charge >= 0.3 is 5.69 Å². The number of aromatic nitrogens is 4. The molecule has 0 unspecified atom stereocenters. The van der Waals surface area contributed by atoms with Gasteiger partial charge in [0.2, 0.25) is 5.91 Å². The number of amides is 1. The first-order valence-corrected chi connectivity index (χ1v) is 8.97. The molecule has 2 heterocycles. The summed E-state index contributed by atoms with van der Waals surface area (Å²) in [7, 11) is 0. The fourth-order valence-electron chi connectivity index (χ4n) is 3.67. The average Bonchev–Trinajstić information content (AvgIpc) is 2.97. The molecule has 0 radical (unpaired) electrons. The van der Waals surface area contributed by atoms with Crippen LogP contribution in [0.3, 0.4) is 0 Å². The lowest BCUT2D eigenvalue weighted by Crippen LogP contribution is -2.24. The number of hydrogen-bond acceptors (Lipinski definition) is 4. The number of imidazole rings is 1. The van der Waals surface area contributed by atoms with E-state index in [1.165, 1.54) is 13.3 Å². The molecule has 3 aromatic rings. The zero-order valence-electron chi connectivity index (χ0n) is 14.7. The van der Waals surface area contributed by atoms with Gasteiger partial charge < -0.3 is 5.32 Å². The van der Waals surface area contributed by atoms with Crippen LogP contribution in [-0.4, -0.2) is 25.4 Å². The van der Waals surface area contributed by atoms with Gasteiger partial charge in [-0.25, -0.2) is 14.8 Å². The molecular weight excluding hydrogens is 330 g/mol. The number of aromatic amines is 1. The first-order chi connectivity index (χ1) is 12.6. The van der Waals surface area contributed by atoms with Crippen LogP contribution in [0.25, 0.3) is 22.6 Å². The summed E-state index contributed by atoms with van der Waals surface area (Å²) >= 11 is 0. The molecule has 0 atom stereocenters. The Balaban J connectivity index is 1.77. The Morgan fingerprint density at radius 1 is 1.27 bits per heavy atom. The highest BCUT2D eigenvalue weighted by atomic mass is 16.1. The van der Waals surface area contributed by atoms with Crippen LogP contribution < -0.4 is 11.0 Å². The lowest BCUT2D eigenvalue weighted by Gasteiger charge is -2.22. The molecular formula is C19H21N5O2. The maximum atomic E-state index is 12.4. The lowest BCUT2D eigenvalue weighted by molar-refractivity contribution is -0.114. The summed E-state index contributed by atoms with van der Waals surface area (Å²) in [4.78, 5) is 35.7. The van der Waals surface area contributed by atoms with E-state index in [4.69, 9.17) is 4.98 Å². The summed E-state index contributed by atoms with van der Waals surface area (Å²) in [5.74, 6) is -0.125. The normalized spacial score (nSPS) is 15.3. The van der Waals surface area contributed by atoms with Gasteiger partial charge in [0, 0.05) is 24.2 Å². The minimum absolute atomic E-state index is 0.125. The highest BCUT2D eigenvalue weighted by Crippen LogP contribution is 2.29. The summed E-state index contributed by atoms with van der Waals surface area (Å²) in [6.45, 7) is 1.47. The topological polar surface area (TPSA) is 92.7 Å². The number of benzene rings is 1. The molecule has 4 rings (SSSR count). The van der Waals surface area contributed by atoms with E-state index in [0.29, 0.717) is 22.7 Å². The molecule has 1 aliphatic rings. The summed E-state index contributed by atoms with van der Waals surface area (Å²) in [6.07, 6.45) is 7.13. The highest BCUT2D eigenvalue weighted by Gasteiger charge is 2.21. The van der Waals surface area contributed by atoms with E-state index in [9.17, 15) is 9.59 Å². The number of fused-ring (bicyclic) bond motifs is 1. The quantitative estimate of drug-likeness (QED) is 0.757. The lowest BCUT2D eigenvalue weighted by atomic mass is 9.95. The SMILES string of the molecule is CC(=O)Nc1cccc(-c2cnc3[nH]c(=O)n(C4CCCCC4)c3n2)c1. The molecule has 7 nitrogen and oxygen atoms in total. The van der Waals surface area contributed by atoms with Gasteiger partial charge in [0.25, 0.3) is 0 Å². The first-order valence-electron chi connectivity index (χ1n) is 8.97. The van der Waals surface area contributed by atoms with Crippen molar-refractivity contribution in [1.82, 2.24) is 19.5 Å². The Hall–Kier alpha value is -2.96. The molecule has 0 aliphatic heterocycles. The summed E-state index contributed by atoms with van der Waals surface area (Å²) in [5.41, 5.74) is 3.20. The van der Waals surface area contributed by atoms with Crippen molar-refractivity contribution >= 4 is 22.9 Å². The van der Waals surface area contributed by atoms with E-state index in [-0.39, 0.29) is 17.6 Å². The standard InChI is InChI=1S/C19H21N5O2/c1-12(25)21-14-7-5-6-13(10-14)16-11-20-17-18(22-16)24(19(26)23-17)15-8-3-2-4-9-15/h5-7,10-11,15H,2-4,8-9H2,1H3,(H,21,25)(H,20,23,26). The second kappa shape index (κ2) is 6.74. The average molecular weight is 351 g/mol. The van der Waals surface area contributed by atoms with E-state index in [1.807, 2.05) is 24.3 Å². The molecule has 134 valence electrons. The first kappa shape index (κ1) is 16.5. The zero-order valence-corrected chi connectivity index (χ0v) is 14.7. The van der Waals surface area contributed by atoms with E-state index in [2.05, 4.69) is 15.3 Å². The molecule has 1 fully saturated rings. The third kappa shape index (κ3) is 3.12. The van der Waals surface area contributed by atoms with Crippen LogP contribution in [0.15, 0.2) is 35.3 Å². The van der Waals surface area contributed by atoms with Crippen molar-refractivity contribution in [2.24, 2.45) is 0 Å². The van der Waals surface area contributed by atoms with Gasteiger partial charge in [-0.2, -0.15) is 0 Å². The second-order valence-electron chi connectivity index (χ2n) is 6.78. The van der Waals surface area contributed by atoms with E-state index in [1.54, 1.807) is 10.8 Å². The van der Waals surface area contributed by atoms with Crippen LogP contribution in [0.5, 0.6) is 0 Å². The molecule has 1 saturated carbocycles. The maximum absolute atomic E-state index is 12.4. The van der Waals surface area contributed by atoms with Crippen LogP contribution in [0.2, 0.25) is 0 Å².